The highest BCUT2D eigenvalue weighted by Gasteiger charge is 2.21. The Morgan fingerprint density at radius 1 is 1.27 bits per heavy atom. The quantitative estimate of drug-likeness (QED) is 0.700. The third-order valence-corrected chi connectivity index (χ3v) is 3.62. The number of rotatable bonds is 6. The van der Waals surface area contributed by atoms with Crippen molar-refractivity contribution in [3.8, 4) is 0 Å². The van der Waals surface area contributed by atoms with Crippen LogP contribution in [0.15, 0.2) is 0 Å². The van der Waals surface area contributed by atoms with Crippen LogP contribution >= 0.6 is 0 Å². The van der Waals surface area contributed by atoms with Crippen LogP contribution in [0.1, 0.15) is 65.7 Å². The highest BCUT2D eigenvalue weighted by Crippen LogP contribution is 2.28. The SMILES string of the molecule is CCCNC1CCCC(CCC(C)C)C1. The van der Waals surface area contributed by atoms with Gasteiger partial charge in [-0.05, 0) is 37.6 Å². The predicted molar refractivity (Wildman–Crippen MR) is 68.1 cm³/mol. The number of nitrogens with one attached hydrogen (secondary N) is 1. The molecule has 0 aliphatic heterocycles. The molecule has 0 amide bonds. The Kier molecular flexibility index (Phi) is 6.31. The second-order valence-electron chi connectivity index (χ2n) is 5.65. The van der Waals surface area contributed by atoms with Crippen molar-refractivity contribution in [1.29, 1.82) is 0 Å². The molecule has 0 heterocycles. The summed E-state index contributed by atoms with van der Waals surface area (Å²) in [5, 5.41) is 3.69. The first-order chi connectivity index (χ1) is 7.22. The molecule has 0 aromatic carbocycles. The van der Waals surface area contributed by atoms with Crippen LogP contribution in [0.5, 0.6) is 0 Å². The molecule has 1 saturated carbocycles. The molecule has 0 aromatic rings. The van der Waals surface area contributed by atoms with Crippen LogP contribution in [0.3, 0.4) is 0 Å². The third-order valence-electron chi connectivity index (χ3n) is 3.62. The predicted octanol–water partition coefficient (Wildman–Crippen LogP) is 3.98. The fourth-order valence-electron chi connectivity index (χ4n) is 2.66. The lowest BCUT2D eigenvalue weighted by molar-refractivity contribution is 0.262. The average molecular weight is 211 g/mol. The Balaban J connectivity index is 2.17. The molecule has 0 saturated heterocycles. The van der Waals surface area contributed by atoms with Crippen molar-refractivity contribution >= 4 is 0 Å². The zero-order valence-corrected chi connectivity index (χ0v) is 10.9. The van der Waals surface area contributed by atoms with Crippen LogP contribution in [0.4, 0.5) is 0 Å². The van der Waals surface area contributed by atoms with Crippen molar-refractivity contribution in [1.82, 2.24) is 5.32 Å². The maximum atomic E-state index is 3.69. The first kappa shape index (κ1) is 13.0. The van der Waals surface area contributed by atoms with E-state index in [0.29, 0.717) is 0 Å². The van der Waals surface area contributed by atoms with Gasteiger partial charge in [0, 0.05) is 6.04 Å². The molecule has 2 atom stereocenters. The third kappa shape index (κ3) is 5.55. The Morgan fingerprint density at radius 3 is 2.73 bits per heavy atom. The van der Waals surface area contributed by atoms with Gasteiger partial charge < -0.3 is 5.32 Å². The molecular weight excluding hydrogens is 182 g/mol. The summed E-state index contributed by atoms with van der Waals surface area (Å²) in [5.41, 5.74) is 0. The Morgan fingerprint density at radius 2 is 2.07 bits per heavy atom. The highest BCUT2D eigenvalue weighted by atomic mass is 14.9. The lowest BCUT2D eigenvalue weighted by Crippen LogP contribution is -2.34. The van der Waals surface area contributed by atoms with Crippen molar-refractivity contribution in [3.05, 3.63) is 0 Å². The van der Waals surface area contributed by atoms with Gasteiger partial charge in [-0.25, -0.2) is 0 Å². The van der Waals surface area contributed by atoms with E-state index in [1.54, 1.807) is 0 Å². The van der Waals surface area contributed by atoms with Crippen LogP contribution in [0.25, 0.3) is 0 Å². The van der Waals surface area contributed by atoms with Crippen LogP contribution in [0.2, 0.25) is 0 Å². The van der Waals surface area contributed by atoms with Gasteiger partial charge in [0.05, 0.1) is 0 Å². The van der Waals surface area contributed by atoms with Crippen LogP contribution in [0, 0.1) is 11.8 Å². The summed E-state index contributed by atoms with van der Waals surface area (Å²) in [4.78, 5) is 0. The van der Waals surface area contributed by atoms with Gasteiger partial charge in [-0.3, -0.25) is 0 Å². The van der Waals surface area contributed by atoms with E-state index in [0.717, 1.165) is 17.9 Å². The first-order valence-electron chi connectivity index (χ1n) is 6.95. The maximum absolute atomic E-state index is 3.69. The fraction of sp³-hybridized carbons (Fsp3) is 1.00. The van der Waals surface area contributed by atoms with E-state index in [1.807, 2.05) is 0 Å². The molecule has 1 nitrogen and oxygen atoms in total. The molecule has 1 rings (SSSR count). The fourth-order valence-corrected chi connectivity index (χ4v) is 2.66. The van der Waals surface area contributed by atoms with E-state index in [2.05, 4.69) is 26.1 Å². The van der Waals surface area contributed by atoms with E-state index in [4.69, 9.17) is 0 Å². The minimum absolute atomic E-state index is 0.830. The summed E-state index contributed by atoms with van der Waals surface area (Å²) in [7, 11) is 0. The van der Waals surface area contributed by atoms with E-state index in [-0.39, 0.29) is 0 Å². The van der Waals surface area contributed by atoms with Gasteiger partial charge in [0.2, 0.25) is 0 Å². The summed E-state index contributed by atoms with van der Waals surface area (Å²) < 4.78 is 0. The monoisotopic (exact) mass is 211 g/mol. The zero-order valence-electron chi connectivity index (χ0n) is 10.9. The zero-order chi connectivity index (χ0) is 11.1. The van der Waals surface area contributed by atoms with E-state index in [1.165, 1.54) is 51.5 Å². The highest BCUT2D eigenvalue weighted by molar-refractivity contribution is 4.77. The van der Waals surface area contributed by atoms with Crippen LogP contribution in [-0.2, 0) is 0 Å². The normalized spacial score (nSPS) is 27.2. The summed E-state index contributed by atoms with van der Waals surface area (Å²) in [6.07, 6.45) is 9.94. The Bertz CT molecular complexity index is 153. The molecule has 2 unspecified atom stereocenters. The van der Waals surface area contributed by atoms with Gasteiger partial charge >= 0.3 is 0 Å². The topological polar surface area (TPSA) is 12.0 Å². The second-order valence-corrected chi connectivity index (χ2v) is 5.65. The molecule has 1 N–H and O–H groups in total. The minimum atomic E-state index is 0.830. The molecular formula is C14H29N. The Hall–Kier alpha value is -0.0400. The average Bonchev–Trinajstić information content (AvgIpc) is 2.24. The molecule has 0 radical (unpaired) electrons. The van der Waals surface area contributed by atoms with Gasteiger partial charge in [-0.1, -0.05) is 46.5 Å². The van der Waals surface area contributed by atoms with Crippen molar-refractivity contribution < 1.29 is 0 Å². The molecule has 0 aromatic heterocycles. The summed E-state index contributed by atoms with van der Waals surface area (Å²) in [6, 6.07) is 0.830. The summed E-state index contributed by atoms with van der Waals surface area (Å²) >= 11 is 0. The lowest BCUT2D eigenvalue weighted by atomic mass is 9.82. The van der Waals surface area contributed by atoms with Gasteiger partial charge in [0.1, 0.15) is 0 Å². The van der Waals surface area contributed by atoms with Crippen LogP contribution < -0.4 is 5.32 Å². The minimum Gasteiger partial charge on any atom is -0.314 e. The van der Waals surface area contributed by atoms with Gasteiger partial charge in [0.15, 0.2) is 0 Å². The van der Waals surface area contributed by atoms with Gasteiger partial charge in [0.25, 0.3) is 0 Å². The smallest absolute Gasteiger partial charge is 0.00697 e. The summed E-state index contributed by atoms with van der Waals surface area (Å²) in [6.45, 7) is 8.15. The molecule has 1 aliphatic rings. The first-order valence-corrected chi connectivity index (χ1v) is 6.95. The molecule has 1 aliphatic carbocycles. The largest absolute Gasteiger partial charge is 0.314 e. The lowest BCUT2D eigenvalue weighted by Gasteiger charge is -2.30. The van der Waals surface area contributed by atoms with Gasteiger partial charge in [-0.2, -0.15) is 0 Å². The van der Waals surface area contributed by atoms with E-state index >= 15 is 0 Å². The standard InChI is InChI=1S/C14H29N/c1-4-10-15-14-7-5-6-13(11-14)9-8-12(2)3/h12-15H,4-11H2,1-3H3. The molecule has 90 valence electrons. The Labute approximate surface area is 96.0 Å². The molecule has 1 fully saturated rings. The maximum Gasteiger partial charge on any atom is 0.00697 e. The number of hydrogen-bond donors (Lipinski definition) is 1. The summed E-state index contributed by atoms with van der Waals surface area (Å²) in [5.74, 6) is 1.89. The van der Waals surface area contributed by atoms with Crippen molar-refractivity contribution in [3.63, 3.8) is 0 Å². The van der Waals surface area contributed by atoms with Gasteiger partial charge in [-0.15, -0.1) is 0 Å². The molecule has 0 bridgehead atoms. The van der Waals surface area contributed by atoms with Crippen molar-refractivity contribution in [2.75, 3.05) is 6.54 Å². The second kappa shape index (κ2) is 7.27. The van der Waals surface area contributed by atoms with Crippen LogP contribution in [-0.4, -0.2) is 12.6 Å². The van der Waals surface area contributed by atoms with E-state index < -0.39 is 0 Å². The van der Waals surface area contributed by atoms with Crippen molar-refractivity contribution in [2.24, 2.45) is 11.8 Å². The molecule has 15 heavy (non-hydrogen) atoms. The number of hydrogen-bond acceptors (Lipinski definition) is 1. The molecule has 1 heteroatoms. The van der Waals surface area contributed by atoms with E-state index in [9.17, 15) is 0 Å². The molecule has 0 spiro atoms. The van der Waals surface area contributed by atoms with Crippen molar-refractivity contribution in [2.45, 2.75) is 71.8 Å².